The number of ether oxygens (including phenoxy) is 1. The molecule has 3 heteroatoms. The van der Waals surface area contributed by atoms with Crippen LogP contribution in [-0.2, 0) is 4.74 Å². The molecule has 0 radical (unpaired) electrons. The Morgan fingerprint density at radius 2 is 2.27 bits per heavy atom. The van der Waals surface area contributed by atoms with Crippen LogP contribution in [0.4, 0.5) is 0 Å². The van der Waals surface area contributed by atoms with Crippen LogP contribution in [-0.4, -0.2) is 50.3 Å². The van der Waals surface area contributed by atoms with Gasteiger partial charge < -0.3 is 15.0 Å². The topological polar surface area (TPSA) is 24.5 Å². The first kappa shape index (κ1) is 11.4. The normalized spacial score (nSPS) is 38.4. The van der Waals surface area contributed by atoms with Crippen LogP contribution >= 0.6 is 0 Å². The molecule has 88 valence electrons. The quantitative estimate of drug-likeness (QED) is 0.758. The lowest BCUT2D eigenvalue weighted by molar-refractivity contribution is 0.0971. The molecule has 2 rings (SSSR count). The maximum atomic E-state index is 5.63. The largest absolute Gasteiger partial charge is 0.377 e. The van der Waals surface area contributed by atoms with Crippen molar-refractivity contribution in [1.29, 1.82) is 0 Å². The van der Waals surface area contributed by atoms with Gasteiger partial charge in [0.15, 0.2) is 0 Å². The Hall–Kier alpha value is -0.120. The summed E-state index contributed by atoms with van der Waals surface area (Å²) in [5.41, 5.74) is 0. The molecule has 0 saturated carbocycles. The van der Waals surface area contributed by atoms with Gasteiger partial charge in [0.2, 0.25) is 0 Å². The summed E-state index contributed by atoms with van der Waals surface area (Å²) in [6.07, 6.45) is 4.25. The fourth-order valence-corrected chi connectivity index (χ4v) is 2.75. The van der Waals surface area contributed by atoms with Gasteiger partial charge in [-0.05, 0) is 38.8 Å². The molecule has 3 nitrogen and oxygen atoms in total. The SMILES string of the molecule is CC1CN(C)CCC1NCC1CCCO1. The first-order valence-electron chi connectivity index (χ1n) is 6.29. The molecule has 2 heterocycles. The molecule has 2 aliphatic rings. The highest BCUT2D eigenvalue weighted by molar-refractivity contribution is 4.82. The zero-order valence-electron chi connectivity index (χ0n) is 10.0. The Kier molecular flexibility index (Phi) is 4.00. The van der Waals surface area contributed by atoms with Crippen molar-refractivity contribution in [1.82, 2.24) is 10.2 Å². The van der Waals surface area contributed by atoms with E-state index in [0.717, 1.165) is 19.1 Å². The van der Waals surface area contributed by atoms with E-state index < -0.39 is 0 Å². The Balaban J connectivity index is 1.69. The number of rotatable bonds is 3. The maximum Gasteiger partial charge on any atom is 0.0700 e. The monoisotopic (exact) mass is 212 g/mol. The van der Waals surface area contributed by atoms with Crippen molar-refractivity contribution < 1.29 is 4.74 Å². The lowest BCUT2D eigenvalue weighted by Gasteiger charge is -2.35. The maximum absolute atomic E-state index is 5.63. The van der Waals surface area contributed by atoms with Crippen molar-refractivity contribution in [3.63, 3.8) is 0 Å². The summed E-state index contributed by atoms with van der Waals surface area (Å²) in [5, 5.41) is 3.68. The predicted octanol–water partition coefficient (Wildman–Crippen LogP) is 1.10. The summed E-state index contributed by atoms with van der Waals surface area (Å²) in [4.78, 5) is 2.43. The number of nitrogens with one attached hydrogen (secondary N) is 1. The molecular formula is C12H24N2O. The standard InChI is InChI=1S/C12H24N2O/c1-10-9-14(2)6-5-12(10)13-8-11-4-3-7-15-11/h10-13H,3-9H2,1-2H3. The minimum absolute atomic E-state index is 0.483. The highest BCUT2D eigenvalue weighted by atomic mass is 16.5. The van der Waals surface area contributed by atoms with E-state index in [4.69, 9.17) is 4.74 Å². The zero-order valence-corrected chi connectivity index (χ0v) is 10.0. The third-order valence-electron chi connectivity index (χ3n) is 3.74. The number of hydrogen-bond acceptors (Lipinski definition) is 3. The van der Waals surface area contributed by atoms with Gasteiger partial charge >= 0.3 is 0 Å². The van der Waals surface area contributed by atoms with Crippen LogP contribution in [0.3, 0.4) is 0 Å². The van der Waals surface area contributed by atoms with E-state index in [2.05, 4.69) is 24.2 Å². The second-order valence-corrected chi connectivity index (χ2v) is 5.18. The second kappa shape index (κ2) is 5.28. The molecule has 0 aromatic carbocycles. The van der Waals surface area contributed by atoms with Crippen LogP contribution in [0.2, 0.25) is 0 Å². The molecule has 1 N–H and O–H groups in total. The van der Waals surface area contributed by atoms with E-state index >= 15 is 0 Å². The molecule has 2 fully saturated rings. The average molecular weight is 212 g/mol. The highest BCUT2D eigenvalue weighted by Crippen LogP contribution is 2.17. The molecule has 15 heavy (non-hydrogen) atoms. The van der Waals surface area contributed by atoms with Crippen LogP contribution in [0.5, 0.6) is 0 Å². The summed E-state index contributed by atoms with van der Waals surface area (Å²) in [7, 11) is 2.22. The smallest absolute Gasteiger partial charge is 0.0700 e. The highest BCUT2D eigenvalue weighted by Gasteiger charge is 2.25. The lowest BCUT2D eigenvalue weighted by atomic mass is 9.94. The van der Waals surface area contributed by atoms with Crippen LogP contribution in [0.15, 0.2) is 0 Å². The Bertz CT molecular complexity index is 192. The first-order chi connectivity index (χ1) is 7.25. The van der Waals surface area contributed by atoms with Gasteiger partial charge in [0.1, 0.15) is 0 Å². The van der Waals surface area contributed by atoms with Crippen LogP contribution in [0.25, 0.3) is 0 Å². The average Bonchev–Trinajstić information content (AvgIpc) is 2.69. The van der Waals surface area contributed by atoms with Crippen molar-refractivity contribution in [3.8, 4) is 0 Å². The van der Waals surface area contributed by atoms with Gasteiger partial charge in [-0.15, -0.1) is 0 Å². The van der Waals surface area contributed by atoms with Crippen LogP contribution < -0.4 is 5.32 Å². The van der Waals surface area contributed by atoms with Gasteiger partial charge in [-0.3, -0.25) is 0 Å². The third kappa shape index (κ3) is 3.16. The molecule has 3 unspecified atom stereocenters. The van der Waals surface area contributed by atoms with Crippen molar-refractivity contribution >= 4 is 0 Å². The number of hydrogen-bond donors (Lipinski definition) is 1. The van der Waals surface area contributed by atoms with Crippen molar-refractivity contribution in [2.45, 2.75) is 38.3 Å². The molecule has 0 spiro atoms. The Morgan fingerprint density at radius 1 is 1.40 bits per heavy atom. The van der Waals surface area contributed by atoms with E-state index in [1.807, 2.05) is 0 Å². The molecular weight excluding hydrogens is 188 g/mol. The van der Waals surface area contributed by atoms with E-state index in [0.29, 0.717) is 12.1 Å². The zero-order chi connectivity index (χ0) is 10.7. The fourth-order valence-electron chi connectivity index (χ4n) is 2.75. The summed E-state index contributed by atoms with van der Waals surface area (Å²) < 4.78 is 5.63. The predicted molar refractivity (Wildman–Crippen MR) is 62.0 cm³/mol. The minimum atomic E-state index is 0.483. The lowest BCUT2D eigenvalue weighted by Crippen LogP contribution is -2.48. The Morgan fingerprint density at radius 3 is 2.93 bits per heavy atom. The van der Waals surface area contributed by atoms with E-state index in [1.165, 1.54) is 32.4 Å². The molecule has 2 saturated heterocycles. The van der Waals surface area contributed by atoms with E-state index in [9.17, 15) is 0 Å². The third-order valence-corrected chi connectivity index (χ3v) is 3.74. The minimum Gasteiger partial charge on any atom is -0.377 e. The molecule has 0 amide bonds. The molecule has 0 aromatic heterocycles. The number of likely N-dealkylation sites (tertiary alicyclic amines) is 1. The van der Waals surface area contributed by atoms with Crippen LogP contribution in [0, 0.1) is 5.92 Å². The Labute approximate surface area is 93.2 Å². The molecule has 2 aliphatic heterocycles. The van der Waals surface area contributed by atoms with E-state index in [-0.39, 0.29) is 0 Å². The first-order valence-corrected chi connectivity index (χ1v) is 6.29. The summed E-state index contributed by atoms with van der Waals surface area (Å²) >= 11 is 0. The molecule has 3 atom stereocenters. The summed E-state index contributed by atoms with van der Waals surface area (Å²) in [6.45, 7) is 6.83. The molecule has 0 bridgehead atoms. The summed E-state index contributed by atoms with van der Waals surface area (Å²) in [5.74, 6) is 0.769. The van der Waals surface area contributed by atoms with Gasteiger partial charge in [-0.25, -0.2) is 0 Å². The molecule has 0 aromatic rings. The van der Waals surface area contributed by atoms with Crippen LogP contribution in [0.1, 0.15) is 26.2 Å². The van der Waals surface area contributed by atoms with Gasteiger partial charge in [0.05, 0.1) is 6.10 Å². The number of nitrogens with zero attached hydrogens (tertiary/aromatic N) is 1. The van der Waals surface area contributed by atoms with E-state index in [1.54, 1.807) is 0 Å². The van der Waals surface area contributed by atoms with Crippen molar-refractivity contribution in [3.05, 3.63) is 0 Å². The second-order valence-electron chi connectivity index (χ2n) is 5.18. The number of piperidine rings is 1. The molecule has 0 aliphatic carbocycles. The van der Waals surface area contributed by atoms with Gasteiger partial charge in [-0.2, -0.15) is 0 Å². The fraction of sp³-hybridized carbons (Fsp3) is 1.00. The van der Waals surface area contributed by atoms with Gasteiger partial charge in [0.25, 0.3) is 0 Å². The van der Waals surface area contributed by atoms with Gasteiger partial charge in [0, 0.05) is 25.7 Å². The van der Waals surface area contributed by atoms with Crippen molar-refractivity contribution in [2.24, 2.45) is 5.92 Å². The van der Waals surface area contributed by atoms with Crippen molar-refractivity contribution in [2.75, 3.05) is 33.3 Å². The van der Waals surface area contributed by atoms with Gasteiger partial charge in [-0.1, -0.05) is 6.92 Å². The summed E-state index contributed by atoms with van der Waals surface area (Å²) in [6, 6.07) is 0.699.